The average molecular weight is 141 g/mol. The standard InChI is InChI=1S/C8H15NO/c1-6-2-3-7(4-6)5-8(9)10/h6-7H,2-5H2,1H3,(H2,9,10)/t6-,7?/m1/s1. The van der Waals surface area contributed by atoms with E-state index in [2.05, 4.69) is 6.92 Å². The highest BCUT2D eigenvalue weighted by Gasteiger charge is 2.22. The second-order valence-electron chi connectivity index (χ2n) is 3.45. The minimum Gasteiger partial charge on any atom is -0.370 e. The van der Waals surface area contributed by atoms with Gasteiger partial charge >= 0.3 is 0 Å². The molecule has 58 valence electrons. The maximum absolute atomic E-state index is 10.5. The third kappa shape index (κ3) is 2.01. The Kier molecular flexibility index (Phi) is 2.30. The summed E-state index contributed by atoms with van der Waals surface area (Å²) in [6.45, 7) is 2.24. The van der Waals surface area contributed by atoms with Crippen molar-refractivity contribution in [3.63, 3.8) is 0 Å². The van der Waals surface area contributed by atoms with Gasteiger partial charge in [0.2, 0.25) is 5.91 Å². The van der Waals surface area contributed by atoms with Crippen LogP contribution in [0.4, 0.5) is 0 Å². The lowest BCUT2D eigenvalue weighted by Gasteiger charge is -2.04. The van der Waals surface area contributed by atoms with Crippen LogP contribution in [0.15, 0.2) is 0 Å². The molecule has 0 spiro atoms. The summed E-state index contributed by atoms with van der Waals surface area (Å²) in [5.41, 5.74) is 5.08. The fourth-order valence-electron chi connectivity index (χ4n) is 1.79. The second kappa shape index (κ2) is 3.04. The number of hydrogen-bond donors (Lipinski definition) is 1. The van der Waals surface area contributed by atoms with E-state index in [1.807, 2.05) is 0 Å². The molecule has 10 heavy (non-hydrogen) atoms. The molecule has 1 aliphatic carbocycles. The quantitative estimate of drug-likeness (QED) is 0.618. The monoisotopic (exact) mass is 141 g/mol. The molecular weight excluding hydrogens is 126 g/mol. The number of primary amides is 1. The Hall–Kier alpha value is -0.530. The number of nitrogens with two attached hydrogens (primary N) is 1. The maximum atomic E-state index is 10.5. The van der Waals surface area contributed by atoms with Gasteiger partial charge < -0.3 is 5.73 Å². The average Bonchev–Trinajstić information content (AvgIpc) is 2.13. The fraction of sp³-hybridized carbons (Fsp3) is 0.875. The Bertz CT molecular complexity index is 133. The van der Waals surface area contributed by atoms with Crippen molar-refractivity contribution in [1.82, 2.24) is 0 Å². The molecule has 0 radical (unpaired) electrons. The van der Waals surface area contributed by atoms with Gasteiger partial charge in [-0.3, -0.25) is 4.79 Å². The van der Waals surface area contributed by atoms with Crippen molar-refractivity contribution in [1.29, 1.82) is 0 Å². The first-order valence-electron chi connectivity index (χ1n) is 3.96. The first-order valence-corrected chi connectivity index (χ1v) is 3.96. The number of hydrogen-bond acceptors (Lipinski definition) is 1. The molecule has 1 fully saturated rings. The lowest BCUT2D eigenvalue weighted by molar-refractivity contribution is -0.118. The fourth-order valence-corrected chi connectivity index (χ4v) is 1.79. The van der Waals surface area contributed by atoms with E-state index >= 15 is 0 Å². The predicted molar refractivity (Wildman–Crippen MR) is 40.3 cm³/mol. The van der Waals surface area contributed by atoms with Crippen LogP contribution in [-0.2, 0) is 4.79 Å². The van der Waals surface area contributed by atoms with E-state index in [1.165, 1.54) is 19.3 Å². The molecule has 2 heteroatoms. The lowest BCUT2D eigenvalue weighted by atomic mass is 10.0. The smallest absolute Gasteiger partial charge is 0.217 e. The molecule has 2 atom stereocenters. The summed E-state index contributed by atoms with van der Waals surface area (Å²) in [6, 6.07) is 0. The number of rotatable bonds is 2. The summed E-state index contributed by atoms with van der Waals surface area (Å²) in [6.07, 6.45) is 4.27. The molecule has 0 saturated heterocycles. The van der Waals surface area contributed by atoms with Gasteiger partial charge in [-0.05, 0) is 24.7 Å². The van der Waals surface area contributed by atoms with Crippen LogP contribution in [-0.4, -0.2) is 5.91 Å². The van der Waals surface area contributed by atoms with Crippen molar-refractivity contribution in [3.05, 3.63) is 0 Å². The topological polar surface area (TPSA) is 43.1 Å². The second-order valence-corrected chi connectivity index (χ2v) is 3.45. The molecule has 1 amide bonds. The zero-order valence-electron chi connectivity index (χ0n) is 6.47. The van der Waals surface area contributed by atoms with Crippen molar-refractivity contribution in [2.24, 2.45) is 17.6 Å². The maximum Gasteiger partial charge on any atom is 0.217 e. The van der Waals surface area contributed by atoms with Gasteiger partial charge in [-0.25, -0.2) is 0 Å². The predicted octanol–water partition coefficient (Wildman–Crippen LogP) is 1.30. The molecular formula is C8H15NO. The Balaban J connectivity index is 2.24. The molecule has 1 aliphatic rings. The highest BCUT2D eigenvalue weighted by molar-refractivity contribution is 5.74. The first kappa shape index (κ1) is 7.58. The Morgan fingerprint density at radius 1 is 1.60 bits per heavy atom. The van der Waals surface area contributed by atoms with Crippen molar-refractivity contribution in [2.45, 2.75) is 32.6 Å². The molecule has 1 saturated carbocycles. The number of carbonyl (C=O) groups excluding carboxylic acids is 1. The Morgan fingerprint density at radius 2 is 2.30 bits per heavy atom. The summed E-state index contributed by atoms with van der Waals surface area (Å²) in [5.74, 6) is 1.26. The minimum absolute atomic E-state index is 0.140. The van der Waals surface area contributed by atoms with E-state index in [9.17, 15) is 4.79 Å². The van der Waals surface area contributed by atoms with Gasteiger partial charge in [0, 0.05) is 6.42 Å². The highest BCUT2D eigenvalue weighted by atomic mass is 16.1. The summed E-state index contributed by atoms with van der Waals surface area (Å²) in [7, 11) is 0. The van der Waals surface area contributed by atoms with Crippen LogP contribution in [0.5, 0.6) is 0 Å². The molecule has 0 heterocycles. The largest absolute Gasteiger partial charge is 0.370 e. The summed E-state index contributed by atoms with van der Waals surface area (Å²) < 4.78 is 0. The van der Waals surface area contributed by atoms with Crippen LogP contribution < -0.4 is 5.73 Å². The molecule has 0 aliphatic heterocycles. The van der Waals surface area contributed by atoms with E-state index in [1.54, 1.807) is 0 Å². The van der Waals surface area contributed by atoms with Gasteiger partial charge in [0.1, 0.15) is 0 Å². The van der Waals surface area contributed by atoms with E-state index in [4.69, 9.17) is 5.73 Å². The van der Waals surface area contributed by atoms with Crippen LogP contribution in [0, 0.1) is 11.8 Å². The zero-order valence-corrected chi connectivity index (χ0v) is 6.47. The first-order chi connectivity index (χ1) is 4.68. The van der Waals surface area contributed by atoms with Crippen LogP contribution in [0.25, 0.3) is 0 Å². The summed E-state index contributed by atoms with van der Waals surface area (Å²) in [5, 5.41) is 0. The van der Waals surface area contributed by atoms with Crippen molar-refractivity contribution in [3.8, 4) is 0 Å². The van der Waals surface area contributed by atoms with E-state index in [0.717, 1.165) is 5.92 Å². The van der Waals surface area contributed by atoms with Gasteiger partial charge in [0.25, 0.3) is 0 Å². The molecule has 1 rings (SSSR count). The van der Waals surface area contributed by atoms with Crippen LogP contribution in [0.2, 0.25) is 0 Å². The molecule has 0 aromatic heterocycles. The molecule has 0 bridgehead atoms. The van der Waals surface area contributed by atoms with Gasteiger partial charge in [0.05, 0.1) is 0 Å². The summed E-state index contributed by atoms with van der Waals surface area (Å²) in [4.78, 5) is 10.5. The highest BCUT2D eigenvalue weighted by Crippen LogP contribution is 2.31. The normalized spacial score (nSPS) is 32.5. The van der Waals surface area contributed by atoms with E-state index in [0.29, 0.717) is 12.3 Å². The molecule has 2 N–H and O–H groups in total. The molecule has 2 nitrogen and oxygen atoms in total. The van der Waals surface area contributed by atoms with Crippen LogP contribution in [0.3, 0.4) is 0 Å². The van der Waals surface area contributed by atoms with E-state index < -0.39 is 0 Å². The Morgan fingerprint density at radius 3 is 2.70 bits per heavy atom. The summed E-state index contributed by atoms with van der Waals surface area (Å²) >= 11 is 0. The number of amides is 1. The molecule has 0 aromatic carbocycles. The van der Waals surface area contributed by atoms with Gasteiger partial charge in [-0.15, -0.1) is 0 Å². The SMILES string of the molecule is C[C@@H]1CCC(CC(N)=O)C1. The molecule has 1 unspecified atom stereocenters. The van der Waals surface area contributed by atoms with Gasteiger partial charge in [-0.2, -0.15) is 0 Å². The van der Waals surface area contributed by atoms with Crippen molar-refractivity contribution >= 4 is 5.91 Å². The van der Waals surface area contributed by atoms with E-state index in [-0.39, 0.29) is 5.91 Å². The van der Waals surface area contributed by atoms with Crippen molar-refractivity contribution in [2.75, 3.05) is 0 Å². The zero-order chi connectivity index (χ0) is 7.56. The van der Waals surface area contributed by atoms with Gasteiger partial charge in [0.15, 0.2) is 0 Å². The minimum atomic E-state index is -0.140. The Labute approximate surface area is 61.8 Å². The third-order valence-electron chi connectivity index (χ3n) is 2.29. The lowest BCUT2D eigenvalue weighted by Crippen LogP contribution is -2.14. The number of carbonyl (C=O) groups is 1. The van der Waals surface area contributed by atoms with Gasteiger partial charge in [-0.1, -0.05) is 13.3 Å². The van der Waals surface area contributed by atoms with Crippen LogP contribution >= 0.6 is 0 Å². The van der Waals surface area contributed by atoms with Crippen LogP contribution in [0.1, 0.15) is 32.6 Å². The third-order valence-corrected chi connectivity index (χ3v) is 2.29. The molecule has 0 aromatic rings. The van der Waals surface area contributed by atoms with Crippen molar-refractivity contribution < 1.29 is 4.79 Å².